The van der Waals surface area contributed by atoms with Crippen LogP contribution in [0.3, 0.4) is 0 Å². The summed E-state index contributed by atoms with van der Waals surface area (Å²) in [4.78, 5) is 0. The van der Waals surface area contributed by atoms with E-state index in [1.807, 2.05) is 0 Å². The SMILES string of the molecule is CCc1cccc[c]1[Bi]([c]1ccc(C)cc1C)[c]1ccccc1CC. The number of hydrogen-bond donors (Lipinski definition) is 0. The van der Waals surface area contributed by atoms with Crippen LogP contribution in [0.1, 0.15) is 36.1 Å². The average Bonchev–Trinajstić information content (AvgIpc) is 2.64. The van der Waals surface area contributed by atoms with Crippen LogP contribution in [0.25, 0.3) is 0 Å². The molecule has 0 nitrogen and oxygen atoms in total. The zero-order chi connectivity index (χ0) is 17.8. The van der Waals surface area contributed by atoms with Crippen LogP contribution in [0, 0.1) is 13.8 Å². The molecule has 0 aliphatic carbocycles. The van der Waals surface area contributed by atoms with Crippen molar-refractivity contribution in [2.75, 3.05) is 0 Å². The molecule has 25 heavy (non-hydrogen) atoms. The van der Waals surface area contributed by atoms with Crippen LogP contribution in [0.5, 0.6) is 0 Å². The predicted octanol–water partition coefficient (Wildman–Crippen LogP) is 3.94. The monoisotopic (exact) mass is 524 g/mol. The molecule has 0 saturated heterocycles. The van der Waals surface area contributed by atoms with E-state index in [9.17, 15) is 0 Å². The van der Waals surface area contributed by atoms with E-state index in [1.54, 1.807) is 9.81 Å². The van der Waals surface area contributed by atoms with Gasteiger partial charge < -0.3 is 0 Å². The Balaban J connectivity index is 2.28. The Kier molecular flexibility index (Phi) is 6.07. The van der Waals surface area contributed by atoms with E-state index in [4.69, 9.17) is 0 Å². The molecule has 0 N–H and O–H groups in total. The number of aryl methyl sites for hydroxylation is 4. The normalized spacial score (nSPS) is 11.1. The summed E-state index contributed by atoms with van der Waals surface area (Å²) in [7, 11) is 0. The molecule has 0 heterocycles. The van der Waals surface area contributed by atoms with Crippen LogP contribution in [0.15, 0.2) is 66.7 Å². The standard InChI is InChI=1S/3C8H9.Bi/c1-7-4-3-5-8(2)6-7;2*1-2-8-6-4-3-5-7-8;/h3-4,6H,1-2H3;2*3-6H,2H2,1H3;. The Morgan fingerprint density at radius 3 is 1.64 bits per heavy atom. The molecule has 3 aromatic rings. The summed E-state index contributed by atoms with van der Waals surface area (Å²) < 4.78 is 4.92. The van der Waals surface area contributed by atoms with Gasteiger partial charge in [-0.2, -0.15) is 0 Å². The third-order valence-electron chi connectivity index (χ3n) is 4.82. The van der Waals surface area contributed by atoms with E-state index in [1.165, 1.54) is 22.3 Å². The second kappa shape index (κ2) is 8.28. The molecule has 1 heteroatoms. The van der Waals surface area contributed by atoms with E-state index in [0.29, 0.717) is 0 Å². The summed E-state index contributed by atoms with van der Waals surface area (Å²) in [6.07, 6.45) is 2.22. The number of benzene rings is 3. The van der Waals surface area contributed by atoms with Gasteiger partial charge in [0.05, 0.1) is 0 Å². The minimum atomic E-state index is -2.31. The van der Waals surface area contributed by atoms with Gasteiger partial charge in [0.1, 0.15) is 0 Å². The average molecular weight is 524 g/mol. The van der Waals surface area contributed by atoms with E-state index >= 15 is 0 Å². The third kappa shape index (κ3) is 3.88. The molecule has 0 aliphatic heterocycles. The maximum absolute atomic E-state index is 2.42. The van der Waals surface area contributed by atoms with Crippen LogP contribution in [0.4, 0.5) is 0 Å². The Morgan fingerprint density at radius 1 is 0.640 bits per heavy atom. The quantitative estimate of drug-likeness (QED) is 0.444. The molecule has 128 valence electrons. The summed E-state index contributed by atoms with van der Waals surface area (Å²) in [5.41, 5.74) is 5.89. The first-order valence-electron chi connectivity index (χ1n) is 9.18. The molecule has 0 spiro atoms. The topological polar surface area (TPSA) is 0 Å². The van der Waals surface area contributed by atoms with Gasteiger partial charge >= 0.3 is 161 Å². The van der Waals surface area contributed by atoms with E-state index in [0.717, 1.165) is 12.8 Å². The Hall–Kier alpha value is -1.46. The van der Waals surface area contributed by atoms with Crippen LogP contribution < -0.4 is 9.81 Å². The molecule has 0 amide bonds. The Labute approximate surface area is 160 Å². The number of hydrogen-bond acceptors (Lipinski definition) is 0. The van der Waals surface area contributed by atoms with Crippen molar-refractivity contribution in [1.29, 1.82) is 0 Å². The fraction of sp³-hybridized carbons (Fsp3) is 0.250. The van der Waals surface area contributed by atoms with Crippen molar-refractivity contribution in [3.63, 3.8) is 0 Å². The molecule has 0 fully saturated rings. The fourth-order valence-electron chi connectivity index (χ4n) is 3.50. The van der Waals surface area contributed by atoms with Crippen molar-refractivity contribution >= 4 is 31.6 Å². The molecule has 0 radical (unpaired) electrons. The van der Waals surface area contributed by atoms with Crippen LogP contribution in [-0.4, -0.2) is 21.8 Å². The van der Waals surface area contributed by atoms with Gasteiger partial charge in [-0.1, -0.05) is 0 Å². The first kappa shape index (κ1) is 18.3. The molecule has 0 bridgehead atoms. The Bertz CT molecular complexity index is 816. The second-order valence-electron chi connectivity index (χ2n) is 6.59. The van der Waals surface area contributed by atoms with Crippen molar-refractivity contribution in [3.8, 4) is 0 Å². The molecule has 0 saturated carbocycles. The van der Waals surface area contributed by atoms with Crippen LogP contribution in [0.2, 0.25) is 0 Å². The van der Waals surface area contributed by atoms with Crippen molar-refractivity contribution in [1.82, 2.24) is 0 Å². The van der Waals surface area contributed by atoms with Gasteiger partial charge in [0.15, 0.2) is 0 Å². The van der Waals surface area contributed by atoms with Crippen molar-refractivity contribution in [3.05, 3.63) is 89.0 Å². The molecule has 0 atom stereocenters. The van der Waals surface area contributed by atoms with Crippen LogP contribution in [-0.2, 0) is 12.8 Å². The molecule has 0 aliphatic rings. The van der Waals surface area contributed by atoms with Crippen molar-refractivity contribution in [2.24, 2.45) is 0 Å². The number of rotatable bonds is 5. The zero-order valence-electron chi connectivity index (χ0n) is 15.7. The molecule has 3 rings (SSSR count). The summed E-state index contributed by atoms with van der Waals surface area (Å²) in [6.45, 7) is 9.07. The van der Waals surface area contributed by atoms with E-state index in [-0.39, 0.29) is 0 Å². The van der Waals surface area contributed by atoms with Crippen molar-refractivity contribution in [2.45, 2.75) is 40.5 Å². The van der Waals surface area contributed by atoms with Gasteiger partial charge in [0.25, 0.3) is 0 Å². The van der Waals surface area contributed by atoms with E-state index in [2.05, 4.69) is 94.4 Å². The van der Waals surface area contributed by atoms with Gasteiger partial charge in [-0.25, -0.2) is 0 Å². The van der Waals surface area contributed by atoms with Crippen LogP contribution >= 0.6 is 0 Å². The fourth-order valence-corrected chi connectivity index (χ4v) is 14.9. The summed E-state index contributed by atoms with van der Waals surface area (Å²) in [6, 6.07) is 25.4. The minimum absolute atomic E-state index is 1.11. The molecule has 3 aromatic carbocycles. The van der Waals surface area contributed by atoms with Gasteiger partial charge in [-0.3, -0.25) is 0 Å². The molecular formula is C24H27Bi. The predicted molar refractivity (Wildman–Crippen MR) is 112 cm³/mol. The zero-order valence-corrected chi connectivity index (χ0v) is 19.2. The first-order chi connectivity index (χ1) is 12.2. The van der Waals surface area contributed by atoms with Gasteiger partial charge in [0.2, 0.25) is 0 Å². The first-order valence-corrected chi connectivity index (χ1v) is 14.4. The Morgan fingerprint density at radius 2 is 1.16 bits per heavy atom. The summed E-state index contributed by atoms with van der Waals surface area (Å²) in [5, 5.41) is 0. The maximum atomic E-state index is 2.42. The molecule has 0 aromatic heterocycles. The van der Waals surface area contributed by atoms with E-state index < -0.39 is 21.8 Å². The summed E-state index contributed by atoms with van der Waals surface area (Å²) >= 11 is -2.31. The van der Waals surface area contributed by atoms with Gasteiger partial charge in [-0.05, 0) is 0 Å². The van der Waals surface area contributed by atoms with Crippen molar-refractivity contribution < 1.29 is 0 Å². The second-order valence-corrected chi connectivity index (χ2v) is 14.8. The van der Waals surface area contributed by atoms with Gasteiger partial charge in [-0.15, -0.1) is 0 Å². The molecule has 0 unspecified atom stereocenters. The summed E-state index contributed by atoms with van der Waals surface area (Å²) in [5.74, 6) is 0. The van der Waals surface area contributed by atoms with Gasteiger partial charge in [0, 0.05) is 0 Å². The third-order valence-corrected chi connectivity index (χ3v) is 15.8. The molecular weight excluding hydrogens is 497 g/mol.